The molecule has 2 N–H and O–H groups in total. The molecule has 4 fully saturated rings. The molecule has 0 radical (unpaired) electrons. The van der Waals surface area contributed by atoms with Gasteiger partial charge in [0, 0.05) is 43.9 Å². The van der Waals surface area contributed by atoms with Crippen molar-refractivity contribution in [2.45, 2.75) is 63.1 Å². The molecule has 1 amide bonds. The van der Waals surface area contributed by atoms with Crippen molar-refractivity contribution in [1.29, 1.82) is 0 Å². The van der Waals surface area contributed by atoms with Gasteiger partial charge in [-0.2, -0.15) is 0 Å². The molecule has 2 bridgehead atoms. The molecule has 3 aliphatic heterocycles. The van der Waals surface area contributed by atoms with Gasteiger partial charge in [-0.3, -0.25) is 9.69 Å². The van der Waals surface area contributed by atoms with Crippen molar-refractivity contribution in [3.05, 3.63) is 0 Å². The summed E-state index contributed by atoms with van der Waals surface area (Å²) in [5.74, 6) is 1.49. The molecule has 0 aromatic rings. The number of aliphatic hydroxyl groups is 1. The molecule has 4 aliphatic rings. The average molecular weight is 336 g/mol. The van der Waals surface area contributed by atoms with E-state index in [1.165, 1.54) is 25.7 Å². The van der Waals surface area contributed by atoms with E-state index in [0.29, 0.717) is 17.9 Å². The van der Waals surface area contributed by atoms with Gasteiger partial charge in [0.1, 0.15) is 0 Å². The third-order valence-electron chi connectivity index (χ3n) is 7.01. The highest BCUT2D eigenvalue weighted by Crippen LogP contribution is 2.54. The molecule has 5 nitrogen and oxygen atoms in total. The first-order valence-corrected chi connectivity index (χ1v) is 10.0. The van der Waals surface area contributed by atoms with Crippen molar-refractivity contribution < 1.29 is 14.6 Å². The van der Waals surface area contributed by atoms with Crippen molar-refractivity contribution in [2.75, 3.05) is 32.8 Å². The Morgan fingerprint density at radius 2 is 2.00 bits per heavy atom. The van der Waals surface area contributed by atoms with Gasteiger partial charge in [-0.25, -0.2) is 0 Å². The number of carbonyl (C=O) groups excluding carboxylic acids is 1. The number of rotatable bonds is 5. The number of aliphatic hydroxyl groups excluding tert-OH is 1. The number of ether oxygens (including phenoxy) is 1. The molecule has 0 unspecified atom stereocenters. The maximum Gasteiger partial charge on any atom is 0.223 e. The van der Waals surface area contributed by atoms with Gasteiger partial charge in [-0.15, -0.1) is 0 Å². The van der Waals surface area contributed by atoms with Gasteiger partial charge in [0.25, 0.3) is 0 Å². The smallest absolute Gasteiger partial charge is 0.223 e. The van der Waals surface area contributed by atoms with Crippen LogP contribution in [-0.4, -0.2) is 60.4 Å². The zero-order chi connectivity index (χ0) is 16.6. The largest absolute Gasteiger partial charge is 0.395 e. The van der Waals surface area contributed by atoms with E-state index in [2.05, 4.69) is 10.2 Å². The van der Waals surface area contributed by atoms with Crippen LogP contribution in [0.25, 0.3) is 0 Å². The van der Waals surface area contributed by atoms with Gasteiger partial charge in [-0.1, -0.05) is 25.7 Å². The predicted octanol–water partition coefficient (Wildman–Crippen LogP) is 1.54. The number of β-amino-alcohol motifs (C(OH)–C–C–N with tert-alkyl or cyclic N) is 1. The molecule has 5 heteroatoms. The Kier molecular flexibility index (Phi) is 4.85. The van der Waals surface area contributed by atoms with Crippen molar-refractivity contribution in [3.8, 4) is 0 Å². The molecule has 3 heterocycles. The van der Waals surface area contributed by atoms with Gasteiger partial charge in [0.05, 0.1) is 18.3 Å². The van der Waals surface area contributed by atoms with E-state index in [0.717, 1.165) is 51.9 Å². The predicted molar refractivity (Wildman–Crippen MR) is 91.5 cm³/mol. The van der Waals surface area contributed by atoms with Crippen LogP contribution >= 0.6 is 0 Å². The first kappa shape index (κ1) is 16.8. The third-order valence-corrected chi connectivity index (χ3v) is 7.01. The van der Waals surface area contributed by atoms with Crippen molar-refractivity contribution in [1.82, 2.24) is 10.2 Å². The van der Waals surface area contributed by atoms with E-state index >= 15 is 0 Å². The average Bonchev–Trinajstić information content (AvgIpc) is 3.13. The number of nitrogens with one attached hydrogen (secondary N) is 1. The first-order valence-electron chi connectivity index (χ1n) is 10.0. The summed E-state index contributed by atoms with van der Waals surface area (Å²) >= 11 is 0. The Balaban J connectivity index is 1.34. The van der Waals surface area contributed by atoms with Crippen LogP contribution in [0.15, 0.2) is 0 Å². The quantitative estimate of drug-likeness (QED) is 0.748. The van der Waals surface area contributed by atoms with Crippen LogP contribution in [0.5, 0.6) is 0 Å². The minimum atomic E-state index is 0.0115. The monoisotopic (exact) mass is 336 g/mol. The Morgan fingerprint density at radius 3 is 2.75 bits per heavy atom. The molecule has 4 atom stereocenters. The summed E-state index contributed by atoms with van der Waals surface area (Å²) in [5, 5.41) is 12.5. The molecule has 1 spiro atoms. The zero-order valence-electron chi connectivity index (χ0n) is 14.7. The second kappa shape index (κ2) is 6.93. The summed E-state index contributed by atoms with van der Waals surface area (Å²) in [4.78, 5) is 14.9. The number of fused-ring (bicyclic) bond motifs is 1. The first-order chi connectivity index (χ1) is 11.7. The van der Waals surface area contributed by atoms with Crippen molar-refractivity contribution >= 4 is 5.91 Å². The highest BCUT2D eigenvalue weighted by molar-refractivity contribution is 5.78. The lowest BCUT2D eigenvalue weighted by Crippen LogP contribution is -2.43. The lowest BCUT2D eigenvalue weighted by atomic mass is 9.73. The van der Waals surface area contributed by atoms with Crippen LogP contribution in [0, 0.1) is 17.8 Å². The summed E-state index contributed by atoms with van der Waals surface area (Å²) in [5.41, 5.74) is 0.0115. The van der Waals surface area contributed by atoms with E-state index < -0.39 is 0 Å². The number of hydrogen-bond donors (Lipinski definition) is 2. The van der Waals surface area contributed by atoms with Gasteiger partial charge in [0.2, 0.25) is 5.91 Å². The van der Waals surface area contributed by atoms with Gasteiger partial charge in [-0.05, 0) is 25.7 Å². The SMILES string of the molecule is O=C(NC[C@H]1[C@H]2CN(CCO)C[C@]23CC[C@H]1O3)C1CCCCCC1. The Hall–Kier alpha value is -0.650. The van der Waals surface area contributed by atoms with Crippen LogP contribution < -0.4 is 5.32 Å². The number of hydrogen-bond acceptors (Lipinski definition) is 4. The minimum Gasteiger partial charge on any atom is -0.395 e. The number of likely N-dealkylation sites (tertiary alicyclic amines) is 1. The zero-order valence-corrected chi connectivity index (χ0v) is 14.7. The Bertz CT molecular complexity index is 464. The fraction of sp³-hybridized carbons (Fsp3) is 0.947. The third kappa shape index (κ3) is 2.99. The van der Waals surface area contributed by atoms with Gasteiger partial charge >= 0.3 is 0 Å². The minimum absolute atomic E-state index is 0.0115. The van der Waals surface area contributed by atoms with Crippen LogP contribution in [0.4, 0.5) is 0 Å². The fourth-order valence-electron chi connectivity index (χ4n) is 5.78. The van der Waals surface area contributed by atoms with Crippen molar-refractivity contribution in [2.24, 2.45) is 17.8 Å². The fourth-order valence-corrected chi connectivity index (χ4v) is 5.78. The molecule has 4 rings (SSSR count). The van der Waals surface area contributed by atoms with Crippen LogP contribution in [0.2, 0.25) is 0 Å². The van der Waals surface area contributed by atoms with E-state index in [1.54, 1.807) is 0 Å². The highest BCUT2D eigenvalue weighted by atomic mass is 16.5. The molecular formula is C19H32N2O3. The summed E-state index contributed by atoms with van der Waals surface area (Å²) in [6.07, 6.45) is 9.72. The molecular weight excluding hydrogens is 304 g/mol. The molecule has 3 saturated heterocycles. The molecule has 1 saturated carbocycles. The van der Waals surface area contributed by atoms with E-state index in [-0.39, 0.29) is 24.0 Å². The van der Waals surface area contributed by atoms with Crippen LogP contribution in [-0.2, 0) is 9.53 Å². The van der Waals surface area contributed by atoms with Crippen LogP contribution in [0.1, 0.15) is 51.4 Å². The van der Waals surface area contributed by atoms with E-state index in [4.69, 9.17) is 4.74 Å². The van der Waals surface area contributed by atoms with Gasteiger partial charge in [0.15, 0.2) is 0 Å². The molecule has 0 aromatic carbocycles. The molecule has 24 heavy (non-hydrogen) atoms. The highest BCUT2D eigenvalue weighted by Gasteiger charge is 2.62. The summed E-state index contributed by atoms with van der Waals surface area (Å²) in [6.45, 7) is 3.71. The lowest BCUT2D eigenvalue weighted by molar-refractivity contribution is -0.125. The maximum atomic E-state index is 12.6. The summed E-state index contributed by atoms with van der Waals surface area (Å²) in [6, 6.07) is 0. The number of amides is 1. The van der Waals surface area contributed by atoms with E-state index in [1.807, 2.05) is 0 Å². The number of nitrogens with zero attached hydrogens (tertiary/aromatic N) is 1. The molecule has 1 aliphatic carbocycles. The molecule has 136 valence electrons. The topological polar surface area (TPSA) is 61.8 Å². The Labute approximate surface area is 145 Å². The second-order valence-corrected chi connectivity index (χ2v) is 8.42. The second-order valence-electron chi connectivity index (χ2n) is 8.42. The lowest BCUT2D eigenvalue weighted by Gasteiger charge is -2.30. The van der Waals surface area contributed by atoms with Gasteiger partial charge < -0.3 is 15.2 Å². The maximum absolute atomic E-state index is 12.6. The standard InChI is InChI=1S/C19H32N2O3/c22-10-9-21-12-16-15(17-7-8-19(16,13-21)24-17)11-20-18(23)14-5-3-1-2-4-6-14/h14-17,22H,1-13H2,(H,20,23)/t15-,16+,17+,19+/m0/s1. The summed E-state index contributed by atoms with van der Waals surface area (Å²) < 4.78 is 6.40. The van der Waals surface area contributed by atoms with Crippen LogP contribution in [0.3, 0.4) is 0 Å². The summed E-state index contributed by atoms with van der Waals surface area (Å²) in [7, 11) is 0. The van der Waals surface area contributed by atoms with E-state index in [9.17, 15) is 9.90 Å². The normalized spacial score (nSPS) is 39.8. The van der Waals surface area contributed by atoms with Crippen molar-refractivity contribution in [3.63, 3.8) is 0 Å². The number of carbonyl (C=O) groups is 1. The molecule has 0 aromatic heterocycles. The Morgan fingerprint density at radius 1 is 1.21 bits per heavy atom.